The van der Waals surface area contributed by atoms with Gasteiger partial charge in [0.2, 0.25) is 0 Å². The van der Waals surface area contributed by atoms with Gasteiger partial charge in [0.25, 0.3) is 0 Å². The van der Waals surface area contributed by atoms with Crippen molar-refractivity contribution in [2.24, 2.45) is 11.3 Å². The SMILES string of the molecule is C/C=C/C=C/[C@@H](O)[C@H](C)[C@H](O)CCOC(=O)C(C)(C)C. The third-order valence-corrected chi connectivity index (χ3v) is 3.02. The highest BCUT2D eigenvalue weighted by atomic mass is 16.5. The van der Waals surface area contributed by atoms with E-state index in [9.17, 15) is 15.0 Å². The van der Waals surface area contributed by atoms with Gasteiger partial charge in [0, 0.05) is 12.3 Å². The Bertz CT molecular complexity index is 339. The third kappa shape index (κ3) is 7.46. The Morgan fingerprint density at radius 2 is 1.85 bits per heavy atom. The van der Waals surface area contributed by atoms with E-state index < -0.39 is 17.6 Å². The van der Waals surface area contributed by atoms with Gasteiger partial charge in [-0.2, -0.15) is 0 Å². The minimum Gasteiger partial charge on any atom is -0.465 e. The second kappa shape index (κ2) is 8.93. The standard InChI is InChI=1S/C16H28O4/c1-6-7-8-9-13(17)12(2)14(18)10-11-20-15(19)16(3,4)5/h6-9,12-14,17-18H,10-11H2,1-5H3/b7-6+,9-8+/t12-,13+,14+/m0/s1. The molecule has 0 spiro atoms. The molecule has 0 aliphatic rings. The summed E-state index contributed by atoms with van der Waals surface area (Å²) in [5.41, 5.74) is -0.536. The summed E-state index contributed by atoms with van der Waals surface area (Å²) in [6, 6.07) is 0. The van der Waals surface area contributed by atoms with Gasteiger partial charge in [-0.3, -0.25) is 4.79 Å². The molecule has 0 saturated heterocycles. The molecule has 0 saturated carbocycles. The zero-order valence-corrected chi connectivity index (χ0v) is 13.2. The van der Waals surface area contributed by atoms with Crippen molar-refractivity contribution in [1.82, 2.24) is 0 Å². The monoisotopic (exact) mass is 284 g/mol. The number of carbonyl (C=O) groups excluding carboxylic acids is 1. The van der Waals surface area contributed by atoms with Crippen LogP contribution in [0.2, 0.25) is 0 Å². The van der Waals surface area contributed by atoms with E-state index in [1.54, 1.807) is 39.8 Å². The zero-order valence-electron chi connectivity index (χ0n) is 13.2. The lowest BCUT2D eigenvalue weighted by Crippen LogP contribution is -2.30. The Hall–Kier alpha value is -1.13. The molecule has 0 aromatic carbocycles. The van der Waals surface area contributed by atoms with Crippen LogP contribution >= 0.6 is 0 Å². The quantitative estimate of drug-likeness (QED) is 0.556. The summed E-state index contributed by atoms with van der Waals surface area (Å²) < 4.78 is 5.10. The first-order valence-electron chi connectivity index (χ1n) is 7.03. The van der Waals surface area contributed by atoms with E-state index in [0.29, 0.717) is 6.42 Å². The van der Waals surface area contributed by atoms with Gasteiger partial charge < -0.3 is 14.9 Å². The molecule has 0 bridgehead atoms. The number of ether oxygens (including phenoxy) is 1. The molecule has 116 valence electrons. The lowest BCUT2D eigenvalue weighted by Gasteiger charge is -2.23. The highest BCUT2D eigenvalue weighted by Gasteiger charge is 2.24. The molecule has 3 atom stereocenters. The van der Waals surface area contributed by atoms with Crippen molar-refractivity contribution in [3.63, 3.8) is 0 Å². The average Bonchev–Trinajstić information content (AvgIpc) is 2.36. The first-order chi connectivity index (χ1) is 9.20. The second-order valence-corrected chi connectivity index (χ2v) is 6.00. The van der Waals surface area contributed by atoms with Crippen LogP contribution < -0.4 is 0 Å². The van der Waals surface area contributed by atoms with E-state index in [1.807, 2.05) is 19.1 Å². The van der Waals surface area contributed by atoms with Crippen molar-refractivity contribution in [3.05, 3.63) is 24.3 Å². The molecule has 0 aromatic heterocycles. The fourth-order valence-corrected chi connectivity index (χ4v) is 1.44. The van der Waals surface area contributed by atoms with Gasteiger partial charge in [0.1, 0.15) is 0 Å². The van der Waals surface area contributed by atoms with E-state index >= 15 is 0 Å². The van der Waals surface area contributed by atoms with Gasteiger partial charge in [0.15, 0.2) is 0 Å². The molecule has 4 nitrogen and oxygen atoms in total. The van der Waals surface area contributed by atoms with Gasteiger partial charge in [0.05, 0.1) is 24.2 Å². The van der Waals surface area contributed by atoms with Crippen LogP contribution in [0.3, 0.4) is 0 Å². The number of hydrogen-bond donors (Lipinski definition) is 2. The minimum atomic E-state index is -0.723. The smallest absolute Gasteiger partial charge is 0.311 e. The molecule has 20 heavy (non-hydrogen) atoms. The summed E-state index contributed by atoms with van der Waals surface area (Å²) in [5.74, 6) is -0.601. The largest absolute Gasteiger partial charge is 0.465 e. The van der Waals surface area contributed by atoms with E-state index in [1.165, 1.54) is 0 Å². The Morgan fingerprint density at radius 3 is 2.35 bits per heavy atom. The van der Waals surface area contributed by atoms with Crippen LogP contribution in [-0.2, 0) is 9.53 Å². The van der Waals surface area contributed by atoms with Crippen molar-refractivity contribution >= 4 is 5.97 Å². The molecule has 0 fully saturated rings. The maximum Gasteiger partial charge on any atom is 0.311 e. The minimum absolute atomic E-state index is 0.160. The Labute approximate surface area is 122 Å². The third-order valence-electron chi connectivity index (χ3n) is 3.02. The van der Waals surface area contributed by atoms with E-state index in [-0.39, 0.29) is 18.5 Å². The van der Waals surface area contributed by atoms with Gasteiger partial charge in [-0.1, -0.05) is 31.2 Å². The number of aliphatic hydroxyl groups excluding tert-OH is 2. The van der Waals surface area contributed by atoms with Crippen LogP contribution in [0.1, 0.15) is 41.0 Å². The van der Waals surface area contributed by atoms with Crippen molar-refractivity contribution < 1.29 is 19.7 Å². The van der Waals surface area contributed by atoms with Gasteiger partial charge >= 0.3 is 5.97 Å². The van der Waals surface area contributed by atoms with Gasteiger partial charge in [-0.05, 0) is 27.7 Å². The summed E-state index contributed by atoms with van der Waals surface area (Å²) in [5, 5.41) is 19.8. The Kier molecular flexibility index (Phi) is 8.42. The molecule has 0 amide bonds. The number of aliphatic hydroxyl groups is 2. The molecule has 2 N–H and O–H groups in total. The summed E-state index contributed by atoms with van der Waals surface area (Å²) in [7, 11) is 0. The summed E-state index contributed by atoms with van der Waals surface area (Å²) in [6.07, 6.45) is 5.93. The summed E-state index contributed by atoms with van der Waals surface area (Å²) in [6.45, 7) is 9.16. The predicted molar refractivity (Wildman–Crippen MR) is 80.2 cm³/mol. The highest BCUT2D eigenvalue weighted by Crippen LogP contribution is 2.17. The van der Waals surface area contributed by atoms with E-state index in [2.05, 4.69) is 0 Å². The topological polar surface area (TPSA) is 66.8 Å². The number of hydrogen-bond acceptors (Lipinski definition) is 4. The van der Waals surface area contributed by atoms with E-state index in [0.717, 1.165) is 0 Å². The zero-order chi connectivity index (χ0) is 15.8. The van der Waals surface area contributed by atoms with Crippen LogP contribution in [-0.4, -0.2) is 35.0 Å². The molecular weight excluding hydrogens is 256 g/mol. The van der Waals surface area contributed by atoms with Gasteiger partial charge in [-0.15, -0.1) is 0 Å². The summed E-state index contributed by atoms with van der Waals surface area (Å²) >= 11 is 0. The normalized spacial score (nSPS) is 17.4. The van der Waals surface area contributed by atoms with Gasteiger partial charge in [-0.25, -0.2) is 0 Å². The molecule has 0 rings (SSSR count). The first-order valence-corrected chi connectivity index (χ1v) is 7.03. The van der Waals surface area contributed by atoms with Crippen LogP contribution in [0.5, 0.6) is 0 Å². The fourth-order valence-electron chi connectivity index (χ4n) is 1.44. The number of esters is 1. The molecule has 0 heterocycles. The molecule has 0 radical (unpaired) electrons. The van der Waals surface area contributed by atoms with Crippen molar-refractivity contribution in [2.75, 3.05) is 6.61 Å². The molecule has 0 aliphatic heterocycles. The molecular formula is C16H28O4. The number of rotatable bonds is 7. The molecule has 0 unspecified atom stereocenters. The number of carbonyl (C=O) groups is 1. The number of allylic oxidation sites excluding steroid dienone is 3. The second-order valence-electron chi connectivity index (χ2n) is 6.00. The lowest BCUT2D eigenvalue weighted by atomic mass is 9.95. The molecule has 4 heteroatoms. The van der Waals surface area contributed by atoms with Crippen LogP contribution in [0, 0.1) is 11.3 Å². The predicted octanol–water partition coefficient (Wildman–Crippen LogP) is 2.46. The van der Waals surface area contributed by atoms with Crippen molar-refractivity contribution in [2.45, 2.75) is 53.2 Å². The lowest BCUT2D eigenvalue weighted by molar-refractivity contribution is -0.153. The van der Waals surface area contributed by atoms with Crippen LogP contribution in [0.4, 0.5) is 0 Å². The molecule has 0 aromatic rings. The maximum atomic E-state index is 11.6. The van der Waals surface area contributed by atoms with Crippen molar-refractivity contribution in [1.29, 1.82) is 0 Å². The highest BCUT2D eigenvalue weighted by molar-refractivity contribution is 5.75. The van der Waals surface area contributed by atoms with Crippen LogP contribution in [0.15, 0.2) is 24.3 Å². The Morgan fingerprint density at radius 1 is 1.25 bits per heavy atom. The maximum absolute atomic E-state index is 11.6. The molecule has 0 aliphatic carbocycles. The average molecular weight is 284 g/mol. The van der Waals surface area contributed by atoms with Crippen LogP contribution in [0.25, 0.3) is 0 Å². The fraction of sp³-hybridized carbons (Fsp3) is 0.688. The summed E-state index contributed by atoms with van der Waals surface area (Å²) in [4.78, 5) is 11.6. The first kappa shape index (κ1) is 18.9. The van der Waals surface area contributed by atoms with E-state index in [4.69, 9.17) is 4.74 Å². The van der Waals surface area contributed by atoms with Crippen molar-refractivity contribution in [3.8, 4) is 0 Å². The Balaban J connectivity index is 4.14.